The second kappa shape index (κ2) is 5.73. The van der Waals surface area contributed by atoms with Crippen LogP contribution in [0.3, 0.4) is 0 Å². The van der Waals surface area contributed by atoms with Crippen molar-refractivity contribution < 1.29 is 17.9 Å². The standard InChI is InChI=1S/C14H11ClF3NO/c1-20-8-5-11(17)13(12(18)6-8)14(19)9-4-7(15)2-3-10(9)16/h2-6,14H,19H2,1H3. The Labute approximate surface area is 118 Å². The lowest BCUT2D eigenvalue weighted by Gasteiger charge is -2.16. The predicted octanol–water partition coefficient (Wildman–Crippen LogP) is 3.81. The van der Waals surface area contributed by atoms with Crippen LogP contribution in [0.4, 0.5) is 13.2 Å². The van der Waals surface area contributed by atoms with Gasteiger partial charge in [-0.25, -0.2) is 13.2 Å². The first-order valence-electron chi connectivity index (χ1n) is 5.67. The number of methoxy groups -OCH3 is 1. The van der Waals surface area contributed by atoms with E-state index in [1.165, 1.54) is 19.2 Å². The maximum atomic E-state index is 13.9. The Morgan fingerprint density at radius 3 is 2.20 bits per heavy atom. The van der Waals surface area contributed by atoms with Crippen molar-refractivity contribution in [2.45, 2.75) is 6.04 Å². The summed E-state index contributed by atoms with van der Waals surface area (Å²) in [7, 11) is 1.28. The average Bonchev–Trinajstić information content (AvgIpc) is 2.40. The van der Waals surface area contributed by atoms with Gasteiger partial charge in [-0.3, -0.25) is 0 Å². The Hall–Kier alpha value is -1.72. The molecule has 0 radical (unpaired) electrons. The third-order valence-corrected chi connectivity index (χ3v) is 3.13. The Morgan fingerprint density at radius 1 is 1.05 bits per heavy atom. The van der Waals surface area contributed by atoms with Crippen LogP contribution in [-0.2, 0) is 0 Å². The summed E-state index contributed by atoms with van der Waals surface area (Å²) in [6.07, 6.45) is 0. The van der Waals surface area contributed by atoms with E-state index >= 15 is 0 Å². The fourth-order valence-corrected chi connectivity index (χ4v) is 2.06. The molecule has 6 heteroatoms. The summed E-state index contributed by atoms with van der Waals surface area (Å²) in [5, 5.41) is 0.228. The summed E-state index contributed by atoms with van der Waals surface area (Å²) in [5.41, 5.74) is 5.24. The maximum Gasteiger partial charge on any atom is 0.134 e. The molecule has 0 spiro atoms. The second-order valence-electron chi connectivity index (χ2n) is 4.15. The number of hydrogen-bond acceptors (Lipinski definition) is 2. The number of rotatable bonds is 3. The summed E-state index contributed by atoms with van der Waals surface area (Å²) >= 11 is 5.75. The Bertz CT molecular complexity index is 625. The zero-order valence-electron chi connectivity index (χ0n) is 10.5. The van der Waals surface area contributed by atoms with E-state index in [0.717, 1.165) is 18.2 Å². The third kappa shape index (κ3) is 2.73. The molecule has 2 nitrogen and oxygen atoms in total. The van der Waals surface area contributed by atoms with Crippen LogP contribution in [0, 0.1) is 17.5 Å². The van der Waals surface area contributed by atoms with E-state index in [1.807, 2.05) is 0 Å². The van der Waals surface area contributed by atoms with Crippen LogP contribution in [0.2, 0.25) is 5.02 Å². The molecule has 0 aromatic heterocycles. The molecular weight excluding hydrogens is 291 g/mol. The molecule has 106 valence electrons. The quantitative estimate of drug-likeness (QED) is 0.935. The molecule has 0 heterocycles. The lowest BCUT2D eigenvalue weighted by Crippen LogP contribution is -2.17. The van der Waals surface area contributed by atoms with Gasteiger partial charge in [0.1, 0.15) is 23.2 Å². The van der Waals surface area contributed by atoms with E-state index in [4.69, 9.17) is 22.1 Å². The largest absolute Gasteiger partial charge is 0.497 e. The Balaban J connectivity index is 2.53. The first-order chi connectivity index (χ1) is 9.43. The van der Waals surface area contributed by atoms with Gasteiger partial charge in [0, 0.05) is 28.3 Å². The van der Waals surface area contributed by atoms with Gasteiger partial charge in [-0.1, -0.05) is 11.6 Å². The molecule has 2 aromatic rings. The lowest BCUT2D eigenvalue weighted by molar-refractivity contribution is 0.404. The van der Waals surface area contributed by atoms with Crippen molar-refractivity contribution >= 4 is 11.6 Å². The second-order valence-corrected chi connectivity index (χ2v) is 4.58. The summed E-state index contributed by atoms with van der Waals surface area (Å²) in [6.45, 7) is 0. The van der Waals surface area contributed by atoms with Crippen LogP contribution < -0.4 is 10.5 Å². The summed E-state index contributed by atoms with van der Waals surface area (Å²) in [6, 6.07) is 4.33. The molecule has 0 aliphatic heterocycles. The molecule has 0 saturated carbocycles. The number of ether oxygens (including phenoxy) is 1. The van der Waals surface area contributed by atoms with Gasteiger partial charge >= 0.3 is 0 Å². The molecule has 0 aliphatic carbocycles. The first-order valence-corrected chi connectivity index (χ1v) is 6.05. The Morgan fingerprint density at radius 2 is 1.65 bits per heavy atom. The van der Waals surface area contributed by atoms with Crippen LogP contribution >= 0.6 is 11.6 Å². The van der Waals surface area contributed by atoms with E-state index in [0.29, 0.717) is 0 Å². The zero-order valence-corrected chi connectivity index (χ0v) is 11.2. The summed E-state index contributed by atoms with van der Waals surface area (Å²) in [5.74, 6) is -2.48. The fraction of sp³-hybridized carbons (Fsp3) is 0.143. The zero-order chi connectivity index (χ0) is 14.9. The fourth-order valence-electron chi connectivity index (χ4n) is 1.88. The van der Waals surface area contributed by atoms with Crippen molar-refractivity contribution in [2.75, 3.05) is 7.11 Å². The predicted molar refractivity (Wildman–Crippen MR) is 70.4 cm³/mol. The smallest absolute Gasteiger partial charge is 0.134 e. The van der Waals surface area contributed by atoms with Gasteiger partial charge < -0.3 is 10.5 Å². The normalized spacial score (nSPS) is 12.3. The topological polar surface area (TPSA) is 35.2 Å². The molecule has 2 N–H and O–H groups in total. The number of halogens is 4. The van der Waals surface area contributed by atoms with Crippen molar-refractivity contribution in [3.05, 3.63) is 63.9 Å². The van der Waals surface area contributed by atoms with Crippen molar-refractivity contribution in [3.8, 4) is 5.75 Å². The Kier molecular flexibility index (Phi) is 4.20. The number of nitrogens with two attached hydrogens (primary N) is 1. The van der Waals surface area contributed by atoms with Gasteiger partial charge in [-0.05, 0) is 18.2 Å². The van der Waals surface area contributed by atoms with Crippen molar-refractivity contribution in [1.29, 1.82) is 0 Å². The van der Waals surface area contributed by atoms with Gasteiger partial charge in [-0.15, -0.1) is 0 Å². The summed E-state index contributed by atoms with van der Waals surface area (Å²) in [4.78, 5) is 0. The highest BCUT2D eigenvalue weighted by Crippen LogP contribution is 2.30. The van der Waals surface area contributed by atoms with E-state index in [2.05, 4.69) is 0 Å². The number of benzene rings is 2. The number of hydrogen-bond donors (Lipinski definition) is 1. The monoisotopic (exact) mass is 301 g/mol. The van der Waals surface area contributed by atoms with Crippen molar-refractivity contribution in [1.82, 2.24) is 0 Å². The minimum Gasteiger partial charge on any atom is -0.497 e. The van der Waals surface area contributed by atoms with Crippen LogP contribution in [0.15, 0.2) is 30.3 Å². The van der Waals surface area contributed by atoms with Gasteiger partial charge in [0.15, 0.2) is 0 Å². The maximum absolute atomic E-state index is 13.9. The molecule has 0 saturated heterocycles. The van der Waals surface area contributed by atoms with E-state index in [-0.39, 0.29) is 16.3 Å². The van der Waals surface area contributed by atoms with Crippen LogP contribution in [-0.4, -0.2) is 7.11 Å². The van der Waals surface area contributed by atoms with Crippen molar-refractivity contribution in [2.24, 2.45) is 5.73 Å². The molecule has 2 aromatic carbocycles. The average molecular weight is 302 g/mol. The highest BCUT2D eigenvalue weighted by atomic mass is 35.5. The highest BCUT2D eigenvalue weighted by Gasteiger charge is 2.22. The molecule has 0 fully saturated rings. The minimum atomic E-state index is -1.31. The third-order valence-electron chi connectivity index (χ3n) is 2.89. The van der Waals surface area contributed by atoms with E-state index in [1.54, 1.807) is 0 Å². The van der Waals surface area contributed by atoms with Crippen LogP contribution in [0.5, 0.6) is 5.75 Å². The molecule has 1 unspecified atom stereocenters. The lowest BCUT2D eigenvalue weighted by atomic mass is 9.98. The first kappa shape index (κ1) is 14.7. The van der Waals surface area contributed by atoms with Gasteiger partial charge in [-0.2, -0.15) is 0 Å². The van der Waals surface area contributed by atoms with E-state index in [9.17, 15) is 13.2 Å². The minimum absolute atomic E-state index is 0.0162. The van der Waals surface area contributed by atoms with Gasteiger partial charge in [0.25, 0.3) is 0 Å². The molecule has 2 rings (SSSR count). The van der Waals surface area contributed by atoms with Crippen LogP contribution in [0.1, 0.15) is 17.2 Å². The molecule has 0 aliphatic rings. The molecule has 0 amide bonds. The molecular formula is C14H11ClF3NO. The van der Waals surface area contributed by atoms with Gasteiger partial charge in [0.05, 0.1) is 13.2 Å². The molecule has 20 heavy (non-hydrogen) atoms. The summed E-state index contributed by atoms with van der Waals surface area (Å²) < 4.78 is 46.3. The molecule has 0 bridgehead atoms. The highest BCUT2D eigenvalue weighted by molar-refractivity contribution is 6.30. The van der Waals surface area contributed by atoms with E-state index < -0.39 is 29.1 Å². The van der Waals surface area contributed by atoms with Crippen LogP contribution in [0.25, 0.3) is 0 Å². The van der Waals surface area contributed by atoms with Gasteiger partial charge in [0.2, 0.25) is 0 Å². The molecule has 1 atom stereocenters. The van der Waals surface area contributed by atoms with Crippen molar-refractivity contribution in [3.63, 3.8) is 0 Å². The SMILES string of the molecule is COc1cc(F)c(C(N)c2cc(Cl)ccc2F)c(F)c1.